The molecule has 0 aliphatic heterocycles. The highest BCUT2D eigenvalue weighted by Gasteiger charge is 2.07. The minimum Gasteiger partial charge on any atom is -0.494 e. The van der Waals surface area contributed by atoms with Gasteiger partial charge in [-0.05, 0) is 67.4 Å². The van der Waals surface area contributed by atoms with Crippen molar-refractivity contribution in [1.82, 2.24) is 4.98 Å². The van der Waals surface area contributed by atoms with Gasteiger partial charge < -0.3 is 15.4 Å². The van der Waals surface area contributed by atoms with Crippen LogP contribution in [0.1, 0.15) is 22.8 Å². The molecule has 0 atom stereocenters. The first-order valence-electron chi connectivity index (χ1n) is 9.12. The standard InChI is InChI=1S/C22H22FN3O2/c1-2-28-20-10-8-19(9-11-20)26-22(27)17-5-12-21(25-15-17)24-14-13-16-3-6-18(23)7-4-16/h3-12,15H,2,13-14H2,1H3,(H,24,25)(H,26,27). The molecule has 0 saturated heterocycles. The number of ether oxygens (including phenoxy) is 1. The zero-order valence-electron chi connectivity index (χ0n) is 15.6. The number of nitrogens with one attached hydrogen (secondary N) is 2. The highest BCUT2D eigenvalue weighted by atomic mass is 19.1. The van der Waals surface area contributed by atoms with E-state index in [1.54, 1.807) is 36.4 Å². The van der Waals surface area contributed by atoms with Gasteiger partial charge in [0, 0.05) is 18.4 Å². The molecule has 2 aromatic carbocycles. The fourth-order valence-corrected chi connectivity index (χ4v) is 2.62. The van der Waals surface area contributed by atoms with Crippen LogP contribution in [-0.2, 0) is 6.42 Å². The Hall–Kier alpha value is -3.41. The summed E-state index contributed by atoms with van der Waals surface area (Å²) in [6.07, 6.45) is 2.28. The molecule has 0 aliphatic carbocycles. The molecule has 5 nitrogen and oxygen atoms in total. The number of nitrogens with zero attached hydrogens (tertiary/aromatic N) is 1. The number of hydrogen-bond acceptors (Lipinski definition) is 4. The summed E-state index contributed by atoms with van der Waals surface area (Å²) in [4.78, 5) is 16.6. The first-order valence-corrected chi connectivity index (χ1v) is 9.12. The van der Waals surface area contributed by atoms with Gasteiger partial charge in [-0.2, -0.15) is 0 Å². The number of anilines is 2. The monoisotopic (exact) mass is 379 g/mol. The molecular formula is C22H22FN3O2. The van der Waals surface area contributed by atoms with Gasteiger partial charge in [0.25, 0.3) is 5.91 Å². The second-order valence-electron chi connectivity index (χ2n) is 6.15. The SMILES string of the molecule is CCOc1ccc(NC(=O)c2ccc(NCCc3ccc(F)cc3)nc2)cc1. The van der Waals surface area contributed by atoms with Crippen LogP contribution in [0.3, 0.4) is 0 Å². The average molecular weight is 379 g/mol. The number of hydrogen-bond donors (Lipinski definition) is 2. The number of halogens is 1. The molecule has 1 aromatic heterocycles. The van der Waals surface area contributed by atoms with Crippen molar-refractivity contribution in [3.8, 4) is 5.75 Å². The van der Waals surface area contributed by atoms with E-state index in [4.69, 9.17) is 4.74 Å². The van der Waals surface area contributed by atoms with Crippen LogP contribution in [0.15, 0.2) is 66.9 Å². The van der Waals surface area contributed by atoms with E-state index >= 15 is 0 Å². The molecule has 144 valence electrons. The average Bonchev–Trinajstić information content (AvgIpc) is 2.72. The lowest BCUT2D eigenvalue weighted by Gasteiger charge is -2.08. The molecule has 1 heterocycles. The third-order valence-electron chi connectivity index (χ3n) is 4.08. The Balaban J connectivity index is 1.50. The number of amides is 1. The predicted molar refractivity (Wildman–Crippen MR) is 108 cm³/mol. The van der Waals surface area contributed by atoms with Gasteiger partial charge in [0.15, 0.2) is 0 Å². The van der Waals surface area contributed by atoms with Gasteiger partial charge in [-0.1, -0.05) is 12.1 Å². The molecule has 0 radical (unpaired) electrons. The van der Waals surface area contributed by atoms with Gasteiger partial charge in [-0.15, -0.1) is 0 Å². The van der Waals surface area contributed by atoms with Crippen LogP contribution in [0.5, 0.6) is 5.75 Å². The molecule has 3 rings (SSSR count). The number of carbonyl (C=O) groups excluding carboxylic acids is 1. The van der Waals surface area contributed by atoms with E-state index in [0.717, 1.165) is 17.7 Å². The Morgan fingerprint density at radius 3 is 2.43 bits per heavy atom. The third kappa shape index (κ3) is 5.54. The second-order valence-corrected chi connectivity index (χ2v) is 6.15. The van der Waals surface area contributed by atoms with Crippen molar-refractivity contribution in [2.24, 2.45) is 0 Å². The number of pyridine rings is 1. The summed E-state index contributed by atoms with van der Waals surface area (Å²) in [6, 6.07) is 17.1. The maximum atomic E-state index is 12.9. The maximum Gasteiger partial charge on any atom is 0.257 e. The van der Waals surface area contributed by atoms with Gasteiger partial charge in [0.05, 0.1) is 12.2 Å². The Morgan fingerprint density at radius 1 is 1.04 bits per heavy atom. The Bertz CT molecular complexity index is 895. The van der Waals surface area contributed by atoms with Crippen LogP contribution in [0.25, 0.3) is 0 Å². The van der Waals surface area contributed by atoms with Gasteiger partial charge >= 0.3 is 0 Å². The van der Waals surface area contributed by atoms with Crippen molar-refractivity contribution in [3.05, 3.63) is 83.8 Å². The third-order valence-corrected chi connectivity index (χ3v) is 4.08. The van der Waals surface area contributed by atoms with E-state index in [9.17, 15) is 9.18 Å². The highest BCUT2D eigenvalue weighted by Crippen LogP contribution is 2.16. The van der Waals surface area contributed by atoms with E-state index < -0.39 is 0 Å². The largest absolute Gasteiger partial charge is 0.494 e. The Kier molecular flexibility index (Phi) is 6.57. The summed E-state index contributed by atoms with van der Waals surface area (Å²) in [6.45, 7) is 3.18. The molecule has 3 aromatic rings. The van der Waals surface area contributed by atoms with E-state index in [-0.39, 0.29) is 11.7 Å². The summed E-state index contributed by atoms with van der Waals surface area (Å²) in [5, 5.41) is 6.02. The fourth-order valence-electron chi connectivity index (χ4n) is 2.62. The molecule has 0 fully saturated rings. The van der Waals surface area contributed by atoms with Crippen LogP contribution in [0, 0.1) is 5.82 Å². The predicted octanol–water partition coefficient (Wildman–Crippen LogP) is 4.53. The van der Waals surface area contributed by atoms with E-state index in [2.05, 4.69) is 15.6 Å². The lowest BCUT2D eigenvalue weighted by molar-refractivity contribution is 0.102. The summed E-state index contributed by atoms with van der Waals surface area (Å²) in [5.74, 6) is 0.977. The molecule has 0 bridgehead atoms. The van der Waals surface area contributed by atoms with Gasteiger partial charge in [-0.25, -0.2) is 9.37 Å². The molecular weight excluding hydrogens is 357 g/mol. The lowest BCUT2D eigenvalue weighted by atomic mass is 10.1. The molecule has 0 aliphatic rings. The zero-order valence-corrected chi connectivity index (χ0v) is 15.6. The first kappa shape index (κ1) is 19.4. The van der Waals surface area contributed by atoms with Crippen LogP contribution in [0.4, 0.5) is 15.9 Å². The van der Waals surface area contributed by atoms with Gasteiger partial charge in [0.2, 0.25) is 0 Å². The lowest BCUT2D eigenvalue weighted by Crippen LogP contribution is -2.13. The minimum absolute atomic E-state index is 0.227. The molecule has 6 heteroatoms. The van der Waals surface area contributed by atoms with Gasteiger partial charge in [0.1, 0.15) is 17.4 Å². The van der Waals surface area contributed by atoms with E-state index in [1.165, 1.54) is 18.3 Å². The molecule has 2 N–H and O–H groups in total. The Morgan fingerprint density at radius 2 is 1.79 bits per heavy atom. The van der Waals surface area contributed by atoms with E-state index in [0.29, 0.717) is 30.2 Å². The second kappa shape index (κ2) is 9.50. The molecule has 1 amide bonds. The smallest absolute Gasteiger partial charge is 0.257 e. The topological polar surface area (TPSA) is 63.2 Å². The maximum absolute atomic E-state index is 12.9. The minimum atomic E-state index is -0.238. The van der Waals surface area contributed by atoms with Crippen LogP contribution in [0.2, 0.25) is 0 Å². The van der Waals surface area contributed by atoms with E-state index in [1.807, 2.05) is 19.1 Å². The van der Waals surface area contributed by atoms with Crippen LogP contribution in [-0.4, -0.2) is 24.0 Å². The first-order chi connectivity index (χ1) is 13.6. The number of aromatic nitrogens is 1. The van der Waals surface area contributed by atoms with Crippen molar-refractivity contribution in [2.45, 2.75) is 13.3 Å². The van der Waals surface area contributed by atoms with Crippen LogP contribution >= 0.6 is 0 Å². The molecule has 0 saturated carbocycles. The van der Waals surface area contributed by atoms with Crippen molar-refractivity contribution < 1.29 is 13.9 Å². The highest BCUT2D eigenvalue weighted by molar-refractivity contribution is 6.04. The molecule has 0 unspecified atom stereocenters. The summed E-state index contributed by atoms with van der Waals surface area (Å²) >= 11 is 0. The number of benzene rings is 2. The molecule has 28 heavy (non-hydrogen) atoms. The fraction of sp³-hybridized carbons (Fsp3) is 0.182. The zero-order chi connectivity index (χ0) is 19.8. The number of rotatable bonds is 8. The van der Waals surface area contributed by atoms with Gasteiger partial charge in [-0.3, -0.25) is 4.79 Å². The summed E-state index contributed by atoms with van der Waals surface area (Å²) in [5.41, 5.74) is 2.20. The van der Waals surface area contributed by atoms with Crippen molar-refractivity contribution in [2.75, 3.05) is 23.8 Å². The summed E-state index contributed by atoms with van der Waals surface area (Å²) in [7, 11) is 0. The normalized spacial score (nSPS) is 10.4. The van der Waals surface area contributed by atoms with Crippen molar-refractivity contribution in [1.29, 1.82) is 0 Å². The Labute approximate surface area is 163 Å². The quantitative estimate of drug-likeness (QED) is 0.604. The van der Waals surface area contributed by atoms with Crippen molar-refractivity contribution in [3.63, 3.8) is 0 Å². The summed E-state index contributed by atoms with van der Waals surface area (Å²) < 4.78 is 18.3. The molecule has 0 spiro atoms. The van der Waals surface area contributed by atoms with Crippen molar-refractivity contribution >= 4 is 17.4 Å². The number of carbonyl (C=O) groups is 1. The van der Waals surface area contributed by atoms with Crippen LogP contribution < -0.4 is 15.4 Å².